The van der Waals surface area contributed by atoms with Gasteiger partial charge in [-0.05, 0) is 17.7 Å². The summed E-state index contributed by atoms with van der Waals surface area (Å²) in [4.78, 5) is 11.2. The van der Waals surface area contributed by atoms with Crippen LogP contribution in [0.15, 0.2) is 42.2 Å². The minimum atomic E-state index is -0.640. The van der Waals surface area contributed by atoms with Crippen LogP contribution < -0.4 is 15.8 Å². The van der Waals surface area contributed by atoms with Crippen molar-refractivity contribution in [3.63, 3.8) is 0 Å². The fraction of sp³-hybridized carbons (Fsp3) is 0.182. The van der Waals surface area contributed by atoms with Crippen LogP contribution in [-0.2, 0) is 0 Å². The van der Waals surface area contributed by atoms with E-state index in [1.165, 1.54) is 0 Å². The van der Waals surface area contributed by atoms with Crippen LogP contribution in [0.1, 0.15) is 0 Å². The monoisotopic (exact) mass is 224 g/mol. The maximum atomic E-state index is 12.1. The molecule has 4 nitrogen and oxygen atoms in total. The first-order valence-corrected chi connectivity index (χ1v) is 4.75. The van der Waals surface area contributed by atoms with E-state index in [4.69, 9.17) is 10.5 Å². The van der Waals surface area contributed by atoms with Crippen molar-refractivity contribution >= 4 is 6.09 Å². The maximum Gasteiger partial charge on any atom is 0.412 e. The highest BCUT2D eigenvalue weighted by atomic mass is 19.1. The van der Waals surface area contributed by atoms with Crippen LogP contribution in [0, 0.1) is 0 Å². The number of benzene rings is 1. The van der Waals surface area contributed by atoms with Crippen molar-refractivity contribution in [1.29, 1.82) is 0 Å². The van der Waals surface area contributed by atoms with Crippen molar-refractivity contribution in [3.8, 4) is 5.75 Å². The molecule has 16 heavy (non-hydrogen) atoms. The van der Waals surface area contributed by atoms with E-state index in [0.29, 0.717) is 17.7 Å². The number of hydrogen-bond donors (Lipinski definition) is 2. The minimum Gasteiger partial charge on any atom is -0.410 e. The molecular formula is C11H13FN2O2. The van der Waals surface area contributed by atoms with Gasteiger partial charge in [0.15, 0.2) is 0 Å². The van der Waals surface area contributed by atoms with Gasteiger partial charge in [0.05, 0.1) is 6.33 Å². The van der Waals surface area contributed by atoms with Gasteiger partial charge in [0, 0.05) is 13.1 Å². The zero-order chi connectivity index (χ0) is 11.8. The molecule has 0 aliphatic heterocycles. The highest BCUT2D eigenvalue weighted by Crippen LogP contribution is 2.08. The number of carbonyl (C=O) groups is 1. The van der Waals surface area contributed by atoms with Crippen LogP contribution in [-0.4, -0.2) is 19.2 Å². The largest absolute Gasteiger partial charge is 0.412 e. The third-order valence-corrected chi connectivity index (χ3v) is 1.83. The molecule has 5 heteroatoms. The Kier molecular flexibility index (Phi) is 5.01. The SMILES string of the molecule is NC/C(=C\F)CNC(=O)Oc1ccccc1. The molecule has 0 aliphatic rings. The molecule has 0 heterocycles. The van der Waals surface area contributed by atoms with Gasteiger partial charge >= 0.3 is 6.09 Å². The second-order valence-electron chi connectivity index (χ2n) is 3.03. The zero-order valence-corrected chi connectivity index (χ0v) is 8.65. The van der Waals surface area contributed by atoms with Crippen molar-refractivity contribution in [1.82, 2.24) is 5.32 Å². The summed E-state index contributed by atoms with van der Waals surface area (Å²) >= 11 is 0. The summed E-state index contributed by atoms with van der Waals surface area (Å²) in [6, 6.07) is 8.59. The number of ether oxygens (including phenoxy) is 1. The average molecular weight is 224 g/mol. The molecule has 1 rings (SSSR count). The van der Waals surface area contributed by atoms with E-state index >= 15 is 0 Å². The van der Waals surface area contributed by atoms with Crippen LogP contribution in [0.25, 0.3) is 0 Å². The van der Waals surface area contributed by atoms with Crippen molar-refractivity contribution in [2.24, 2.45) is 5.73 Å². The fourth-order valence-electron chi connectivity index (χ4n) is 0.973. The van der Waals surface area contributed by atoms with Gasteiger partial charge in [-0.1, -0.05) is 18.2 Å². The third-order valence-electron chi connectivity index (χ3n) is 1.83. The molecule has 0 atom stereocenters. The Balaban J connectivity index is 2.37. The average Bonchev–Trinajstić information content (AvgIpc) is 2.31. The lowest BCUT2D eigenvalue weighted by atomic mass is 10.3. The second-order valence-corrected chi connectivity index (χ2v) is 3.03. The van der Waals surface area contributed by atoms with Crippen molar-refractivity contribution in [2.75, 3.05) is 13.1 Å². The van der Waals surface area contributed by atoms with Crippen LogP contribution in [0.5, 0.6) is 5.75 Å². The van der Waals surface area contributed by atoms with Crippen molar-refractivity contribution in [3.05, 3.63) is 42.2 Å². The molecule has 86 valence electrons. The number of hydrogen-bond acceptors (Lipinski definition) is 3. The predicted molar refractivity (Wildman–Crippen MR) is 58.7 cm³/mol. The lowest BCUT2D eigenvalue weighted by molar-refractivity contribution is 0.201. The van der Waals surface area contributed by atoms with Crippen LogP contribution in [0.3, 0.4) is 0 Å². The van der Waals surface area contributed by atoms with Crippen molar-refractivity contribution in [2.45, 2.75) is 0 Å². The van der Waals surface area contributed by atoms with Gasteiger partial charge in [-0.15, -0.1) is 0 Å². The first kappa shape index (κ1) is 12.2. The first-order valence-electron chi connectivity index (χ1n) is 4.75. The molecule has 0 radical (unpaired) electrons. The molecule has 0 fully saturated rings. The predicted octanol–water partition coefficient (Wildman–Crippen LogP) is 1.59. The van der Waals surface area contributed by atoms with Gasteiger partial charge < -0.3 is 15.8 Å². The molecule has 0 saturated carbocycles. The molecule has 1 aromatic carbocycles. The molecule has 0 spiro atoms. The Morgan fingerprint density at radius 3 is 2.69 bits per heavy atom. The normalized spacial score (nSPS) is 11.0. The second kappa shape index (κ2) is 6.58. The summed E-state index contributed by atoms with van der Waals surface area (Å²) in [5.41, 5.74) is 5.52. The van der Waals surface area contributed by atoms with Crippen LogP contribution in [0.4, 0.5) is 9.18 Å². The molecule has 0 aliphatic carbocycles. The van der Waals surface area contributed by atoms with E-state index in [1.54, 1.807) is 24.3 Å². The topological polar surface area (TPSA) is 64.3 Å². The highest BCUT2D eigenvalue weighted by Gasteiger charge is 2.04. The van der Waals surface area contributed by atoms with Gasteiger partial charge in [0.25, 0.3) is 0 Å². The van der Waals surface area contributed by atoms with E-state index in [0.717, 1.165) is 0 Å². The van der Waals surface area contributed by atoms with Crippen LogP contribution >= 0.6 is 0 Å². The molecule has 0 saturated heterocycles. The Labute approximate surface area is 92.9 Å². The standard InChI is InChI=1S/C11H13FN2O2/c12-6-9(7-13)8-14-11(15)16-10-4-2-1-3-5-10/h1-6H,7-8,13H2,(H,14,15)/b9-6+. The lowest BCUT2D eigenvalue weighted by Gasteiger charge is -2.06. The van der Waals surface area contributed by atoms with Gasteiger partial charge in [0.1, 0.15) is 5.75 Å². The fourth-order valence-corrected chi connectivity index (χ4v) is 0.973. The van der Waals surface area contributed by atoms with Crippen LogP contribution in [0.2, 0.25) is 0 Å². The smallest absolute Gasteiger partial charge is 0.410 e. The zero-order valence-electron chi connectivity index (χ0n) is 8.65. The summed E-state index contributed by atoms with van der Waals surface area (Å²) in [5.74, 6) is 0.429. The molecule has 0 aromatic heterocycles. The summed E-state index contributed by atoms with van der Waals surface area (Å²) in [6.45, 7) is 0.0980. The Morgan fingerprint density at radius 2 is 2.12 bits per heavy atom. The number of para-hydroxylation sites is 1. The van der Waals surface area contributed by atoms with Gasteiger partial charge in [-0.2, -0.15) is 0 Å². The van der Waals surface area contributed by atoms with Gasteiger partial charge in [-0.3, -0.25) is 0 Å². The highest BCUT2D eigenvalue weighted by molar-refractivity contribution is 5.70. The lowest BCUT2D eigenvalue weighted by Crippen LogP contribution is -2.30. The number of nitrogens with one attached hydrogen (secondary N) is 1. The number of rotatable bonds is 4. The molecular weight excluding hydrogens is 211 g/mol. The Morgan fingerprint density at radius 1 is 1.44 bits per heavy atom. The first-order chi connectivity index (χ1) is 7.76. The van der Waals surface area contributed by atoms with E-state index in [1.807, 2.05) is 6.07 Å². The summed E-state index contributed by atoms with van der Waals surface area (Å²) in [6.07, 6.45) is -0.262. The quantitative estimate of drug-likeness (QED) is 0.816. The van der Waals surface area contributed by atoms with E-state index in [2.05, 4.69) is 5.32 Å². The molecule has 1 amide bonds. The Bertz CT molecular complexity index is 366. The van der Waals surface area contributed by atoms with E-state index in [-0.39, 0.29) is 13.1 Å². The number of halogens is 1. The number of amides is 1. The van der Waals surface area contributed by atoms with E-state index in [9.17, 15) is 9.18 Å². The van der Waals surface area contributed by atoms with Crippen molar-refractivity contribution < 1.29 is 13.9 Å². The summed E-state index contributed by atoms with van der Waals surface area (Å²) in [7, 11) is 0. The number of nitrogens with two attached hydrogens (primary N) is 1. The minimum absolute atomic E-state index is 0.0403. The van der Waals surface area contributed by atoms with Gasteiger partial charge in [-0.25, -0.2) is 9.18 Å². The third kappa shape index (κ3) is 4.10. The molecule has 0 bridgehead atoms. The van der Waals surface area contributed by atoms with E-state index < -0.39 is 6.09 Å². The molecule has 3 N–H and O–H groups in total. The van der Waals surface area contributed by atoms with Gasteiger partial charge in [0.2, 0.25) is 0 Å². The molecule has 0 unspecified atom stereocenters. The summed E-state index contributed by atoms with van der Waals surface area (Å²) < 4.78 is 17.0. The number of carbonyl (C=O) groups excluding carboxylic acids is 1. The maximum absolute atomic E-state index is 12.1. The summed E-state index contributed by atoms with van der Waals surface area (Å²) in [5, 5.41) is 2.38. The Hall–Kier alpha value is -1.88. The molecule has 1 aromatic rings.